The van der Waals surface area contributed by atoms with E-state index in [0.29, 0.717) is 12.1 Å². The Bertz CT molecular complexity index is 860. The number of fused-ring (bicyclic) bond motifs is 1. The Labute approximate surface area is 160 Å². The third-order valence-electron chi connectivity index (χ3n) is 5.80. The highest BCUT2D eigenvalue weighted by molar-refractivity contribution is 5.81. The Morgan fingerprint density at radius 1 is 1.33 bits per heavy atom. The lowest BCUT2D eigenvalue weighted by atomic mass is 9.96. The number of guanidine groups is 1. The van der Waals surface area contributed by atoms with Crippen molar-refractivity contribution < 1.29 is 4.74 Å². The lowest BCUT2D eigenvalue weighted by Crippen LogP contribution is -2.48. The Kier molecular flexibility index (Phi) is 4.53. The molecule has 2 aromatic rings. The summed E-state index contributed by atoms with van der Waals surface area (Å²) >= 11 is 0. The van der Waals surface area contributed by atoms with Gasteiger partial charge >= 0.3 is 0 Å². The molecule has 0 bridgehead atoms. The SMILES string of the molecule is CN=C(NC1CCc2nc(C)nn2C1)NC1CC1(C)c1ccccc1OC. The number of hydrogen-bond acceptors (Lipinski definition) is 4. The standard InChI is InChI=1S/C20H28N6O/c1-13-22-18-10-9-14(12-26(18)25-13)23-19(21-3)24-17-11-20(17,2)15-7-5-6-8-16(15)27-4/h5-8,14,17H,9-12H2,1-4H3,(H2,21,23,24). The summed E-state index contributed by atoms with van der Waals surface area (Å²) in [5, 5.41) is 11.6. The zero-order chi connectivity index (χ0) is 19.0. The molecule has 27 heavy (non-hydrogen) atoms. The summed E-state index contributed by atoms with van der Waals surface area (Å²) in [5.74, 6) is 3.73. The van der Waals surface area contributed by atoms with Crippen LogP contribution in [0.3, 0.4) is 0 Å². The van der Waals surface area contributed by atoms with Crippen LogP contribution < -0.4 is 15.4 Å². The van der Waals surface area contributed by atoms with Crippen molar-refractivity contribution in [1.29, 1.82) is 0 Å². The molecule has 2 aliphatic rings. The molecule has 7 heteroatoms. The molecular weight excluding hydrogens is 340 g/mol. The number of hydrogen-bond donors (Lipinski definition) is 2. The van der Waals surface area contributed by atoms with Gasteiger partial charge in [0.15, 0.2) is 5.96 Å². The summed E-state index contributed by atoms with van der Waals surface area (Å²) in [6.45, 7) is 5.05. The van der Waals surface area contributed by atoms with Crippen molar-refractivity contribution in [1.82, 2.24) is 25.4 Å². The van der Waals surface area contributed by atoms with Gasteiger partial charge in [0.1, 0.15) is 17.4 Å². The first-order valence-electron chi connectivity index (χ1n) is 9.57. The zero-order valence-electron chi connectivity index (χ0n) is 16.5. The van der Waals surface area contributed by atoms with E-state index in [-0.39, 0.29) is 5.41 Å². The fourth-order valence-electron chi connectivity index (χ4n) is 4.07. The van der Waals surface area contributed by atoms with Crippen molar-refractivity contribution in [2.75, 3.05) is 14.2 Å². The van der Waals surface area contributed by atoms with Crippen molar-refractivity contribution in [2.45, 2.75) is 57.2 Å². The largest absolute Gasteiger partial charge is 0.496 e. The van der Waals surface area contributed by atoms with Crippen molar-refractivity contribution in [2.24, 2.45) is 4.99 Å². The normalized spacial score (nSPS) is 27.0. The summed E-state index contributed by atoms with van der Waals surface area (Å²) in [6, 6.07) is 8.93. The van der Waals surface area contributed by atoms with Crippen molar-refractivity contribution in [3.05, 3.63) is 41.5 Å². The number of ether oxygens (including phenoxy) is 1. The zero-order valence-corrected chi connectivity index (χ0v) is 16.5. The summed E-state index contributed by atoms with van der Waals surface area (Å²) in [4.78, 5) is 8.92. The van der Waals surface area contributed by atoms with E-state index in [9.17, 15) is 0 Å². The topological polar surface area (TPSA) is 76.4 Å². The van der Waals surface area contributed by atoms with E-state index in [1.165, 1.54) is 5.56 Å². The van der Waals surface area contributed by atoms with Crippen molar-refractivity contribution >= 4 is 5.96 Å². The van der Waals surface area contributed by atoms with E-state index in [1.807, 2.05) is 30.8 Å². The predicted molar refractivity (Wildman–Crippen MR) is 105 cm³/mol. The van der Waals surface area contributed by atoms with E-state index in [1.54, 1.807) is 7.11 Å². The predicted octanol–water partition coefficient (Wildman–Crippen LogP) is 1.81. The number of para-hydroxylation sites is 1. The molecule has 3 atom stereocenters. The van der Waals surface area contributed by atoms with Gasteiger partial charge in [-0.1, -0.05) is 25.1 Å². The Morgan fingerprint density at radius 3 is 2.93 bits per heavy atom. The third kappa shape index (κ3) is 3.38. The molecule has 1 aromatic carbocycles. The van der Waals surface area contributed by atoms with E-state index >= 15 is 0 Å². The van der Waals surface area contributed by atoms with Crippen LogP contribution in [0.2, 0.25) is 0 Å². The molecule has 1 fully saturated rings. The highest BCUT2D eigenvalue weighted by atomic mass is 16.5. The highest BCUT2D eigenvalue weighted by Gasteiger charge is 2.53. The number of nitrogens with zero attached hydrogens (tertiary/aromatic N) is 4. The molecule has 144 valence electrons. The highest BCUT2D eigenvalue weighted by Crippen LogP contribution is 2.50. The number of aliphatic imine (C=N–C) groups is 1. The van der Waals surface area contributed by atoms with E-state index in [0.717, 1.165) is 49.2 Å². The molecule has 1 saturated carbocycles. The van der Waals surface area contributed by atoms with Gasteiger partial charge < -0.3 is 15.4 Å². The smallest absolute Gasteiger partial charge is 0.191 e. The summed E-state index contributed by atoms with van der Waals surface area (Å²) in [7, 11) is 3.56. The molecular formula is C20H28N6O. The Morgan fingerprint density at radius 2 is 2.15 bits per heavy atom. The Balaban J connectivity index is 1.39. The minimum atomic E-state index is 0.0625. The molecule has 4 rings (SSSR count). The molecule has 0 amide bonds. The summed E-state index contributed by atoms with van der Waals surface area (Å²) in [6.07, 6.45) is 3.04. The molecule has 7 nitrogen and oxygen atoms in total. The van der Waals surface area contributed by atoms with Gasteiger partial charge in [-0.15, -0.1) is 0 Å². The molecule has 1 aromatic heterocycles. The van der Waals surface area contributed by atoms with Crippen LogP contribution in [0.5, 0.6) is 5.75 Å². The lowest BCUT2D eigenvalue weighted by molar-refractivity contribution is 0.391. The average Bonchev–Trinajstić information content (AvgIpc) is 3.17. The monoisotopic (exact) mass is 368 g/mol. The number of benzene rings is 1. The van der Waals surface area contributed by atoms with Gasteiger partial charge in [0.05, 0.1) is 13.7 Å². The maximum absolute atomic E-state index is 5.56. The van der Waals surface area contributed by atoms with E-state index in [4.69, 9.17) is 4.74 Å². The second kappa shape index (κ2) is 6.87. The molecule has 0 spiro atoms. The maximum Gasteiger partial charge on any atom is 0.191 e. The molecule has 1 aliphatic carbocycles. The lowest BCUT2D eigenvalue weighted by Gasteiger charge is -2.26. The molecule has 0 saturated heterocycles. The fraction of sp³-hybridized carbons (Fsp3) is 0.550. The van der Waals surface area contributed by atoms with Gasteiger partial charge in [0, 0.05) is 36.5 Å². The van der Waals surface area contributed by atoms with E-state index in [2.05, 4.69) is 44.8 Å². The van der Waals surface area contributed by atoms with Gasteiger partial charge in [-0.3, -0.25) is 4.99 Å². The van der Waals surface area contributed by atoms with Gasteiger partial charge in [-0.2, -0.15) is 5.10 Å². The molecule has 3 unspecified atom stereocenters. The van der Waals surface area contributed by atoms with Crippen LogP contribution in [0, 0.1) is 6.92 Å². The number of rotatable bonds is 4. The van der Waals surface area contributed by atoms with Crippen LogP contribution in [0.25, 0.3) is 0 Å². The molecule has 2 N–H and O–H groups in total. The maximum atomic E-state index is 5.56. The average molecular weight is 368 g/mol. The minimum absolute atomic E-state index is 0.0625. The van der Waals surface area contributed by atoms with Crippen LogP contribution in [0.1, 0.15) is 37.0 Å². The van der Waals surface area contributed by atoms with Crippen molar-refractivity contribution in [3.63, 3.8) is 0 Å². The fourth-order valence-corrected chi connectivity index (χ4v) is 4.07. The van der Waals surface area contributed by atoms with Gasteiger partial charge in [-0.25, -0.2) is 9.67 Å². The van der Waals surface area contributed by atoms with Gasteiger partial charge in [-0.05, 0) is 25.8 Å². The number of methoxy groups -OCH3 is 1. The second-order valence-corrected chi connectivity index (χ2v) is 7.73. The van der Waals surface area contributed by atoms with Crippen LogP contribution in [-0.4, -0.2) is 47.0 Å². The summed E-state index contributed by atoms with van der Waals surface area (Å²) in [5.41, 5.74) is 1.31. The molecule has 1 aliphatic heterocycles. The molecule has 2 heterocycles. The minimum Gasteiger partial charge on any atom is -0.496 e. The Hall–Kier alpha value is -2.57. The van der Waals surface area contributed by atoms with Crippen molar-refractivity contribution in [3.8, 4) is 5.75 Å². The van der Waals surface area contributed by atoms with Crippen LogP contribution in [0.15, 0.2) is 29.3 Å². The molecule has 0 radical (unpaired) electrons. The third-order valence-corrected chi connectivity index (χ3v) is 5.80. The quantitative estimate of drug-likeness (QED) is 0.636. The summed E-state index contributed by atoms with van der Waals surface area (Å²) < 4.78 is 7.57. The van der Waals surface area contributed by atoms with Gasteiger partial charge in [0.25, 0.3) is 0 Å². The van der Waals surface area contributed by atoms with Gasteiger partial charge in [0.2, 0.25) is 0 Å². The van der Waals surface area contributed by atoms with Crippen LogP contribution in [0.4, 0.5) is 0 Å². The first kappa shape index (κ1) is 17.8. The number of nitrogens with one attached hydrogen (secondary N) is 2. The number of aryl methyl sites for hydroxylation is 2. The van der Waals surface area contributed by atoms with Crippen LogP contribution in [-0.2, 0) is 18.4 Å². The first-order chi connectivity index (χ1) is 13.0. The van der Waals surface area contributed by atoms with E-state index < -0.39 is 0 Å². The number of aromatic nitrogens is 3. The second-order valence-electron chi connectivity index (χ2n) is 7.73. The first-order valence-corrected chi connectivity index (χ1v) is 9.57. The van der Waals surface area contributed by atoms with Crippen LogP contribution >= 0.6 is 0 Å².